The summed E-state index contributed by atoms with van der Waals surface area (Å²) in [6.45, 7) is 2.20. The molecule has 0 aromatic heterocycles. The van der Waals surface area contributed by atoms with Gasteiger partial charge < -0.3 is 10.2 Å². The molecule has 1 N–H and O–H groups in total. The molecular weight excluding hydrogens is 348 g/mol. The molecule has 1 fully saturated rings. The minimum atomic E-state index is 0.0505. The maximum atomic E-state index is 12.6. The molecule has 0 unspecified atom stereocenters. The summed E-state index contributed by atoms with van der Waals surface area (Å²) < 4.78 is 0. The average Bonchev–Trinajstić information content (AvgIpc) is 2.95. The van der Waals surface area contributed by atoms with E-state index in [0.717, 1.165) is 49.9 Å². The van der Waals surface area contributed by atoms with Gasteiger partial charge in [0.05, 0.1) is 0 Å². The van der Waals surface area contributed by atoms with Crippen molar-refractivity contribution in [1.82, 2.24) is 10.2 Å². The van der Waals surface area contributed by atoms with Crippen molar-refractivity contribution in [3.05, 3.63) is 71.8 Å². The van der Waals surface area contributed by atoms with Crippen LogP contribution in [0.25, 0.3) is 0 Å². The zero-order valence-electron chi connectivity index (χ0n) is 16.5. The predicted molar refractivity (Wildman–Crippen MR) is 112 cm³/mol. The molecule has 28 heavy (non-hydrogen) atoms. The van der Waals surface area contributed by atoms with Crippen LogP contribution in [0.3, 0.4) is 0 Å². The number of likely N-dealkylation sites (tertiary alicyclic amines) is 1. The summed E-state index contributed by atoms with van der Waals surface area (Å²) in [5, 5.41) is 3.05. The van der Waals surface area contributed by atoms with Crippen LogP contribution in [0.15, 0.2) is 60.7 Å². The highest BCUT2D eigenvalue weighted by Crippen LogP contribution is 2.27. The minimum Gasteiger partial charge on any atom is -0.356 e. The summed E-state index contributed by atoms with van der Waals surface area (Å²) in [4.78, 5) is 26.6. The Morgan fingerprint density at radius 2 is 1.57 bits per heavy atom. The van der Waals surface area contributed by atoms with Crippen LogP contribution in [0.5, 0.6) is 0 Å². The van der Waals surface area contributed by atoms with Crippen molar-refractivity contribution >= 4 is 11.8 Å². The molecule has 4 heteroatoms. The van der Waals surface area contributed by atoms with Gasteiger partial charge in [0, 0.05) is 38.4 Å². The molecule has 0 atom stereocenters. The lowest BCUT2D eigenvalue weighted by atomic mass is 9.88. The number of benzene rings is 2. The lowest BCUT2D eigenvalue weighted by Gasteiger charge is -2.21. The van der Waals surface area contributed by atoms with Gasteiger partial charge >= 0.3 is 0 Å². The Morgan fingerprint density at radius 1 is 0.929 bits per heavy atom. The van der Waals surface area contributed by atoms with Crippen LogP contribution < -0.4 is 5.32 Å². The molecule has 0 radical (unpaired) electrons. The van der Waals surface area contributed by atoms with Crippen LogP contribution in [0.4, 0.5) is 0 Å². The van der Waals surface area contributed by atoms with Crippen molar-refractivity contribution in [2.75, 3.05) is 19.6 Å². The summed E-state index contributed by atoms with van der Waals surface area (Å²) in [6, 6.07) is 20.4. The molecule has 0 bridgehead atoms. The number of rotatable bonds is 8. The van der Waals surface area contributed by atoms with E-state index in [9.17, 15) is 9.59 Å². The molecule has 4 nitrogen and oxygen atoms in total. The Bertz CT molecular complexity index is 706. The second kappa shape index (κ2) is 10.6. The number of nitrogens with zero attached hydrogens (tertiary/aromatic N) is 1. The summed E-state index contributed by atoms with van der Waals surface area (Å²) in [5.41, 5.74) is 2.30. The van der Waals surface area contributed by atoms with Crippen molar-refractivity contribution < 1.29 is 9.59 Å². The fraction of sp³-hybridized carbons (Fsp3) is 0.417. The van der Waals surface area contributed by atoms with Crippen LogP contribution in [-0.2, 0) is 9.59 Å². The first-order valence-corrected chi connectivity index (χ1v) is 10.4. The highest BCUT2D eigenvalue weighted by Gasteiger charge is 2.18. The third kappa shape index (κ3) is 5.95. The molecule has 3 rings (SSSR count). The smallest absolute Gasteiger partial charge is 0.222 e. The van der Waals surface area contributed by atoms with E-state index in [4.69, 9.17) is 0 Å². The second-order valence-electron chi connectivity index (χ2n) is 7.47. The number of hydrogen-bond acceptors (Lipinski definition) is 2. The normalized spacial score (nSPS) is 14.8. The van der Waals surface area contributed by atoms with E-state index in [-0.39, 0.29) is 17.7 Å². The van der Waals surface area contributed by atoms with E-state index in [2.05, 4.69) is 29.6 Å². The first-order valence-electron chi connectivity index (χ1n) is 10.4. The average molecular weight is 379 g/mol. The van der Waals surface area contributed by atoms with E-state index in [0.29, 0.717) is 19.4 Å². The van der Waals surface area contributed by atoms with E-state index in [1.54, 1.807) is 0 Å². The highest BCUT2D eigenvalue weighted by molar-refractivity contribution is 5.77. The Balaban J connectivity index is 1.51. The van der Waals surface area contributed by atoms with E-state index < -0.39 is 0 Å². The van der Waals surface area contributed by atoms with E-state index in [1.807, 2.05) is 41.3 Å². The summed E-state index contributed by atoms with van der Waals surface area (Å²) in [5.74, 6) is 0.367. The van der Waals surface area contributed by atoms with Gasteiger partial charge in [-0.3, -0.25) is 9.59 Å². The van der Waals surface area contributed by atoms with Crippen molar-refractivity contribution in [3.8, 4) is 0 Å². The number of nitrogens with one attached hydrogen (secondary N) is 1. The molecular formula is C24H30N2O2. The summed E-state index contributed by atoms with van der Waals surface area (Å²) >= 11 is 0. The minimum absolute atomic E-state index is 0.0505. The maximum Gasteiger partial charge on any atom is 0.222 e. The zero-order chi connectivity index (χ0) is 19.6. The van der Waals surface area contributed by atoms with Crippen molar-refractivity contribution in [3.63, 3.8) is 0 Å². The molecule has 1 heterocycles. The van der Waals surface area contributed by atoms with Crippen molar-refractivity contribution in [2.45, 2.75) is 44.4 Å². The predicted octanol–water partition coefficient (Wildman–Crippen LogP) is 4.12. The second-order valence-corrected chi connectivity index (χ2v) is 7.47. The van der Waals surface area contributed by atoms with Crippen molar-refractivity contribution in [1.29, 1.82) is 0 Å². The largest absolute Gasteiger partial charge is 0.356 e. The third-order valence-electron chi connectivity index (χ3n) is 5.39. The van der Waals surface area contributed by atoms with Gasteiger partial charge in [0.1, 0.15) is 0 Å². The quantitative estimate of drug-likeness (QED) is 0.703. The first-order chi connectivity index (χ1) is 13.7. The van der Waals surface area contributed by atoms with Crippen LogP contribution >= 0.6 is 0 Å². The standard InChI is InChI=1S/C24H30N2O2/c27-23(25-16-10-18-26-17-9-3-8-15-24(26)28)19-22(20-11-4-1-5-12-20)21-13-6-2-7-14-21/h1-2,4-7,11-14,22H,3,8-10,15-19H2,(H,25,27). The number of amides is 2. The molecule has 2 aromatic rings. The van der Waals surface area contributed by atoms with Gasteiger partial charge in [0.2, 0.25) is 11.8 Å². The van der Waals surface area contributed by atoms with E-state index >= 15 is 0 Å². The van der Waals surface area contributed by atoms with Crippen LogP contribution in [0.2, 0.25) is 0 Å². The van der Waals surface area contributed by atoms with Gasteiger partial charge in [-0.15, -0.1) is 0 Å². The van der Waals surface area contributed by atoms with Gasteiger partial charge in [-0.25, -0.2) is 0 Å². The van der Waals surface area contributed by atoms with Crippen molar-refractivity contribution in [2.24, 2.45) is 0 Å². The van der Waals surface area contributed by atoms with Crippen LogP contribution in [0, 0.1) is 0 Å². The maximum absolute atomic E-state index is 12.6. The molecule has 2 amide bonds. The fourth-order valence-electron chi connectivity index (χ4n) is 3.83. The molecule has 148 valence electrons. The molecule has 1 saturated heterocycles. The number of hydrogen-bond donors (Lipinski definition) is 1. The van der Waals surface area contributed by atoms with Crippen LogP contribution in [0.1, 0.15) is 55.6 Å². The lowest BCUT2D eigenvalue weighted by molar-refractivity contribution is -0.130. The van der Waals surface area contributed by atoms with Crippen LogP contribution in [-0.4, -0.2) is 36.3 Å². The molecule has 0 saturated carbocycles. The Kier molecular flexibility index (Phi) is 7.65. The lowest BCUT2D eigenvalue weighted by Crippen LogP contribution is -2.34. The number of carbonyl (C=O) groups is 2. The summed E-state index contributed by atoms with van der Waals surface area (Å²) in [6.07, 6.45) is 5.14. The molecule has 0 aliphatic carbocycles. The molecule has 2 aromatic carbocycles. The molecule has 1 aliphatic rings. The SMILES string of the molecule is O=C(CC(c1ccccc1)c1ccccc1)NCCCN1CCCCCC1=O. The monoisotopic (exact) mass is 378 g/mol. The van der Waals surface area contributed by atoms with Gasteiger partial charge in [-0.05, 0) is 30.4 Å². The molecule has 1 aliphatic heterocycles. The van der Waals surface area contributed by atoms with Gasteiger partial charge in [-0.2, -0.15) is 0 Å². The Hall–Kier alpha value is -2.62. The zero-order valence-corrected chi connectivity index (χ0v) is 16.5. The topological polar surface area (TPSA) is 49.4 Å². The Labute approximate surface area is 167 Å². The summed E-state index contributed by atoms with van der Waals surface area (Å²) in [7, 11) is 0. The highest BCUT2D eigenvalue weighted by atomic mass is 16.2. The van der Waals surface area contributed by atoms with Gasteiger partial charge in [-0.1, -0.05) is 67.1 Å². The van der Waals surface area contributed by atoms with E-state index in [1.165, 1.54) is 0 Å². The van der Waals surface area contributed by atoms with Gasteiger partial charge in [0.15, 0.2) is 0 Å². The fourth-order valence-corrected chi connectivity index (χ4v) is 3.83. The number of carbonyl (C=O) groups excluding carboxylic acids is 2. The molecule has 0 spiro atoms. The van der Waals surface area contributed by atoms with Gasteiger partial charge in [0.25, 0.3) is 0 Å². The Morgan fingerprint density at radius 3 is 2.21 bits per heavy atom. The third-order valence-corrected chi connectivity index (χ3v) is 5.39. The first kappa shape index (κ1) is 20.1.